The number of pyridine rings is 1. The molecule has 0 radical (unpaired) electrons. The number of para-hydroxylation sites is 1. The van der Waals surface area contributed by atoms with Gasteiger partial charge < -0.3 is 14.6 Å². The number of hydrogen-bond acceptors (Lipinski definition) is 5. The maximum absolute atomic E-state index is 6.25. The summed E-state index contributed by atoms with van der Waals surface area (Å²) in [6.07, 6.45) is 5.84. The summed E-state index contributed by atoms with van der Waals surface area (Å²) >= 11 is 0. The van der Waals surface area contributed by atoms with Gasteiger partial charge in [-0.1, -0.05) is 152 Å². The van der Waals surface area contributed by atoms with Crippen LogP contribution in [0.15, 0.2) is 210 Å². The van der Waals surface area contributed by atoms with Crippen LogP contribution in [-0.4, -0.2) is 17.0 Å². The third kappa shape index (κ3) is 5.93. The average Bonchev–Trinajstić information content (AvgIpc) is 3.90. The van der Waals surface area contributed by atoms with Gasteiger partial charge in [0.2, 0.25) is 0 Å². The van der Waals surface area contributed by atoms with Crippen LogP contribution in [0.3, 0.4) is 0 Å². The number of anilines is 2. The zero-order valence-corrected chi connectivity index (χ0v) is 33.4. The Hall–Kier alpha value is -8.02. The maximum Gasteiger partial charge on any atom is 0.136 e. The van der Waals surface area contributed by atoms with E-state index < -0.39 is 0 Å². The number of aromatic nitrogens is 1. The van der Waals surface area contributed by atoms with E-state index in [0.29, 0.717) is 0 Å². The van der Waals surface area contributed by atoms with Gasteiger partial charge in [0.25, 0.3) is 0 Å². The van der Waals surface area contributed by atoms with E-state index in [1.54, 1.807) is 6.20 Å². The number of amidine groups is 1. The zero-order valence-electron chi connectivity index (χ0n) is 33.4. The minimum Gasteiger partial charge on any atom is -0.456 e. The van der Waals surface area contributed by atoms with E-state index in [1.807, 2.05) is 24.4 Å². The molecule has 0 spiro atoms. The molecule has 10 aromatic rings. The van der Waals surface area contributed by atoms with Gasteiger partial charge >= 0.3 is 0 Å². The first-order valence-corrected chi connectivity index (χ1v) is 20.7. The molecule has 0 bridgehead atoms. The molecule has 5 nitrogen and oxygen atoms in total. The van der Waals surface area contributed by atoms with Crippen molar-refractivity contribution < 1.29 is 4.42 Å². The normalized spacial score (nSPS) is 14.4. The van der Waals surface area contributed by atoms with E-state index in [9.17, 15) is 0 Å². The summed E-state index contributed by atoms with van der Waals surface area (Å²) < 4.78 is 6.25. The number of benzene rings is 8. The fourth-order valence-electron chi connectivity index (χ4n) is 9.32. The summed E-state index contributed by atoms with van der Waals surface area (Å²) in [6, 6.07) is 65.1. The van der Waals surface area contributed by atoms with E-state index >= 15 is 0 Å². The van der Waals surface area contributed by atoms with Crippen molar-refractivity contribution in [2.75, 3.05) is 10.2 Å². The Morgan fingerprint density at radius 3 is 1.92 bits per heavy atom. The lowest BCUT2D eigenvalue weighted by Crippen LogP contribution is -2.40. The standard InChI is InChI=1S/C56H38N4O/c1-35-58-50(42-28-20-36(21-29-42)43-11-8-30-57-34-43)33-54-59-56-49(41-26-24-40(25-27-41)47-15-7-17-53-55(47)48-13-4-5-16-52(48)61-53)31-44(32-51(56)60(35)54)37-18-22-39(23-19-37)46-14-6-10-38-9-2-3-12-45(38)46/h2-34,54,59H,1H3. The van der Waals surface area contributed by atoms with Crippen molar-refractivity contribution in [3.05, 3.63) is 206 Å². The second kappa shape index (κ2) is 14.1. The summed E-state index contributed by atoms with van der Waals surface area (Å²) in [6.45, 7) is 2.11. The SMILES string of the molecule is CC1=NC(c2ccc(-c3cccnc3)cc2)=CC2Nc3c(-c4ccc(-c5cccc6oc7ccccc7c56)cc4)cc(-c4ccc(-c5cccc6ccccc56)cc4)cc3N12. The Balaban J connectivity index is 0.947. The van der Waals surface area contributed by atoms with Crippen molar-refractivity contribution in [2.45, 2.75) is 13.1 Å². The molecule has 0 fully saturated rings. The van der Waals surface area contributed by atoms with Crippen LogP contribution < -0.4 is 10.2 Å². The smallest absolute Gasteiger partial charge is 0.136 e. The van der Waals surface area contributed by atoms with Gasteiger partial charge in [0.15, 0.2) is 0 Å². The van der Waals surface area contributed by atoms with Gasteiger partial charge in [0, 0.05) is 34.3 Å². The molecule has 1 unspecified atom stereocenters. The molecule has 2 aliphatic heterocycles. The van der Waals surface area contributed by atoms with Gasteiger partial charge in [-0.15, -0.1) is 0 Å². The van der Waals surface area contributed by atoms with E-state index in [4.69, 9.17) is 9.41 Å². The van der Waals surface area contributed by atoms with E-state index in [1.165, 1.54) is 21.9 Å². The predicted octanol–water partition coefficient (Wildman–Crippen LogP) is 14.5. The topological polar surface area (TPSA) is 53.7 Å². The van der Waals surface area contributed by atoms with Crippen molar-refractivity contribution >= 4 is 55.6 Å². The molecule has 4 heterocycles. The Morgan fingerprint density at radius 1 is 0.508 bits per heavy atom. The molecule has 0 amide bonds. The Labute approximate surface area is 353 Å². The predicted molar refractivity (Wildman–Crippen MR) is 254 cm³/mol. The minimum absolute atomic E-state index is 0.102. The molecule has 0 saturated heterocycles. The molecule has 288 valence electrons. The first-order valence-electron chi connectivity index (χ1n) is 20.7. The third-order valence-electron chi connectivity index (χ3n) is 12.3. The molecule has 2 aliphatic rings. The summed E-state index contributed by atoms with van der Waals surface area (Å²) in [4.78, 5) is 11.8. The third-order valence-corrected chi connectivity index (χ3v) is 12.3. The number of nitrogens with one attached hydrogen (secondary N) is 1. The molecule has 1 atom stereocenters. The van der Waals surface area contributed by atoms with E-state index in [-0.39, 0.29) is 6.17 Å². The van der Waals surface area contributed by atoms with Crippen LogP contribution in [0.5, 0.6) is 0 Å². The zero-order chi connectivity index (χ0) is 40.4. The first kappa shape index (κ1) is 35.0. The van der Waals surface area contributed by atoms with Crippen LogP contribution in [0.25, 0.3) is 94.0 Å². The van der Waals surface area contributed by atoms with Crippen molar-refractivity contribution in [3.8, 4) is 55.6 Å². The quantitative estimate of drug-likeness (QED) is 0.182. The molecule has 2 aromatic heterocycles. The highest BCUT2D eigenvalue weighted by Crippen LogP contribution is 2.48. The van der Waals surface area contributed by atoms with Crippen LogP contribution in [0.1, 0.15) is 12.5 Å². The van der Waals surface area contributed by atoms with E-state index in [2.05, 4.69) is 192 Å². The van der Waals surface area contributed by atoms with Gasteiger partial charge in [-0.05, 0) is 104 Å². The second-order valence-electron chi connectivity index (χ2n) is 15.9. The Bertz CT molecular complexity index is 3380. The number of aliphatic imine (C=N–C) groups is 1. The molecule has 8 aromatic carbocycles. The van der Waals surface area contributed by atoms with Crippen LogP contribution in [-0.2, 0) is 0 Å². The Kier molecular flexibility index (Phi) is 8.07. The number of rotatable bonds is 6. The number of nitrogens with zero attached hydrogens (tertiary/aromatic N) is 3. The molecule has 12 rings (SSSR count). The second-order valence-corrected chi connectivity index (χ2v) is 15.9. The number of furan rings is 1. The highest BCUT2D eigenvalue weighted by Gasteiger charge is 2.35. The maximum atomic E-state index is 6.25. The first-order chi connectivity index (χ1) is 30.1. The van der Waals surface area contributed by atoms with Crippen LogP contribution in [0.4, 0.5) is 11.4 Å². The summed E-state index contributed by atoms with van der Waals surface area (Å²) in [7, 11) is 0. The van der Waals surface area contributed by atoms with Crippen molar-refractivity contribution in [2.24, 2.45) is 4.99 Å². The van der Waals surface area contributed by atoms with Gasteiger partial charge in [0.05, 0.1) is 17.1 Å². The lowest BCUT2D eigenvalue weighted by atomic mass is 9.92. The van der Waals surface area contributed by atoms with Crippen LogP contribution >= 0.6 is 0 Å². The van der Waals surface area contributed by atoms with Crippen LogP contribution in [0, 0.1) is 0 Å². The molecular formula is C56H38N4O. The van der Waals surface area contributed by atoms with Gasteiger partial charge in [0.1, 0.15) is 23.2 Å². The summed E-state index contributed by atoms with van der Waals surface area (Å²) in [5.74, 6) is 0.940. The number of fused-ring (bicyclic) bond motifs is 7. The molecule has 61 heavy (non-hydrogen) atoms. The van der Waals surface area contributed by atoms with E-state index in [0.717, 1.165) is 94.9 Å². The fourth-order valence-corrected chi connectivity index (χ4v) is 9.32. The summed E-state index contributed by atoms with van der Waals surface area (Å²) in [5, 5.41) is 8.70. The van der Waals surface area contributed by atoms with Gasteiger partial charge in [-0.25, -0.2) is 4.99 Å². The fraction of sp³-hybridized carbons (Fsp3) is 0.0357. The lowest BCUT2D eigenvalue weighted by molar-refractivity contribution is 0.669. The minimum atomic E-state index is -0.102. The highest BCUT2D eigenvalue weighted by molar-refractivity contribution is 6.13. The van der Waals surface area contributed by atoms with Crippen molar-refractivity contribution in [3.63, 3.8) is 0 Å². The number of hydrogen-bond donors (Lipinski definition) is 1. The van der Waals surface area contributed by atoms with Crippen molar-refractivity contribution in [1.82, 2.24) is 4.98 Å². The molecule has 5 heteroatoms. The van der Waals surface area contributed by atoms with Crippen molar-refractivity contribution in [1.29, 1.82) is 0 Å². The van der Waals surface area contributed by atoms with Gasteiger partial charge in [-0.2, -0.15) is 0 Å². The largest absolute Gasteiger partial charge is 0.456 e. The highest BCUT2D eigenvalue weighted by atomic mass is 16.3. The van der Waals surface area contributed by atoms with Crippen LogP contribution in [0.2, 0.25) is 0 Å². The Morgan fingerprint density at radius 2 is 1.13 bits per heavy atom. The summed E-state index contributed by atoms with van der Waals surface area (Å²) in [5.41, 5.74) is 17.6. The molecule has 0 saturated carbocycles. The van der Waals surface area contributed by atoms with Gasteiger partial charge in [-0.3, -0.25) is 4.98 Å². The molecule has 1 N–H and O–H groups in total. The lowest BCUT2D eigenvalue weighted by Gasteiger charge is -2.28. The molecule has 0 aliphatic carbocycles. The monoisotopic (exact) mass is 782 g/mol. The molecular weight excluding hydrogens is 745 g/mol. The average molecular weight is 783 g/mol.